The number of aromatic nitrogens is 3. The molecule has 0 spiro atoms. The SMILES string of the molecule is CC(NC(=O)C(C(C)C)N1CCCC1=O)c1nnc2ccccn12. The zero-order chi connectivity index (χ0) is 17.3. The topological polar surface area (TPSA) is 79.6 Å². The molecule has 2 aromatic heterocycles. The second-order valence-corrected chi connectivity index (χ2v) is 6.60. The van der Waals surface area contributed by atoms with Gasteiger partial charge in [0.25, 0.3) is 0 Å². The number of nitrogens with zero attached hydrogens (tertiary/aromatic N) is 4. The Morgan fingerprint density at radius 1 is 1.25 bits per heavy atom. The number of hydrogen-bond donors (Lipinski definition) is 1. The number of carbonyl (C=O) groups is 2. The Labute approximate surface area is 141 Å². The van der Waals surface area contributed by atoms with Crippen molar-refractivity contribution in [1.29, 1.82) is 0 Å². The predicted molar refractivity (Wildman–Crippen MR) is 89.1 cm³/mol. The summed E-state index contributed by atoms with van der Waals surface area (Å²) in [6.07, 6.45) is 3.22. The smallest absolute Gasteiger partial charge is 0.243 e. The van der Waals surface area contributed by atoms with Gasteiger partial charge in [-0.1, -0.05) is 19.9 Å². The molecular weight excluding hydrogens is 306 g/mol. The van der Waals surface area contributed by atoms with E-state index in [1.54, 1.807) is 4.90 Å². The van der Waals surface area contributed by atoms with Crippen molar-refractivity contribution in [2.75, 3.05) is 6.54 Å². The van der Waals surface area contributed by atoms with E-state index >= 15 is 0 Å². The van der Waals surface area contributed by atoms with Gasteiger partial charge in [-0.2, -0.15) is 0 Å². The Morgan fingerprint density at radius 3 is 2.71 bits per heavy atom. The lowest BCUT2D eigenvalue weighted by Gasteiger charge is -2.30. The van der Waals surface area contributed by atoms with Gasteiger partial charge in [0.1, 0.15) is 6.04 Å². The average Bonchev–Trinajstić information content (AvgIpc) is 3.14. The second-order valence-electron chi connectivity index (χ2n) is 6.60. The van der Waals surface area contributed by atoms with Crippen LogP contribution in [0.1, 0.15) is 45.5 Å². The average molecular weight is 329 g/mol. The molecule has 2 aromatic rings. The van der Waals surface area contributed by atoms with Crippen LogP contribution in [0.5, 0.6) is 0 Å². The Hall–Kier alpha value is -2.44. The highest BCUT2D eigenvalue weighted by Crippen LogP contribution is 2.20. The van der Waals surface area contributed by atoms with E-state index in [4.69, 9.17) is 0 Å². The molecule has 2 atom stereocenters. The molecule has 1 aliphatic heterocycles. The van der Waals surface area contributed by atoms with Gasteiger partial charge in [0.2, 0.25) is 11.8 Å². The van der Waals surface area contributed by atoms with Crippen molar-refractivity contribution < 1.29 is 9.59 Å². The minimum absolute atomic E-state index is 0.0504. The monoisotopic (exact) mass is 329 g/mol. The first-order valence-electron chi connectivity index (χ1n) is 8.38. The van der Waals surface area contributed by atoms with Crippen LogP contribution in [0.15, 0.2) is 24.4 Å². The third-order valence-corrected chi connectivity index (χ3v) is 4.43. The molecule has 0 aliphatic carbocycles. The van der Waals surface area contributed by atoms with Gasteiger partial charge >= 0.3 is 0 Å². The van der Waals surface area contributed by atoms with Crippen LogP contribution in [-0.2, 0) is 9.59 Å². The zero-order valence-corrected chi connectivity index (χ0v) is 14.3. The van der Waals surface area contributed by atoms with E-state index in [1.807, 2.05) is 49.6 Å². The van der Waals surface area contributed by atoms with E-state index in [2.05, 4.69) is 15.5 Å². The van der Waals surface area contributed by atoms with Gasteiger partial charge in [0.05, 0.1) is 6.04 Å². The summed E-state index contributed by atoms with van der Waals surface area (Å²) >= 11 is 0. The van der Waals surface area contributed by atoms with Gasteiger partial charge in [-0.25, -0.2) is 0 Å². The number of rotatable bonds is 5. The molecule has 3 heterocycles. The van der Waals surface area contributed by atoms with Crippen LogP contribution in [0.3, 0.4) is 0 Å². The van der Waals surface area contributed by atoms with Crippen LogP contribution in [-0.4, -0.2) is 43.9 Å². The number of hydrogen-bond acceptors (Lipinski definition) is 4. The normalized spacial score (nSPS) is 17.5. The summed E-state index contributed by atoms with van der Waals surface area (Å²) < 4.78 is 1.86. The Bertz CT molecular complexity index is 754. The first kappa shape index (κ1) is 16.4. The highest BCUT2D eigenvalue weighted by atomic mass is 16.2. The molecule has 7 heteroatoms. The fraction of sp³-hybridized carbons (Fsp3) is 0.529. The van der Waals surface area contributed by atoms with Crippen molar-refractivity contribution in [3.05, 3.63) is 30.2 Å². The van der Waals surface area contributed by atoms with Crippen molar-refractivity contribution in [3.63, 3.8) is 0 Å². The molecule has 24 heavy (non-hydrogen) atoms. The Morgan fingerprint density at radius 2 is 2.04 bits per heavy atom. The van der Waals surface area contributed by atoms with E-state index in [9.17, 15) is 9.59 Å². The van der Waals surface area contributed by atoms with Crippen LogP contribution in [0.2, 0.25) is 0 Å². The fourth-order valence-corrected chi connectivity index (χ4v) is 3.29. The molecule has 0 radical (unpaired) electrons. The molecule has 0 bridgehead atoms. The lowest BCUT2D eigenvalue weighted by Crippen LogP contribution is -2.51. The molecular formula is C17H23N5O2. The minimum Gasteiger partial charge on any atom is -0.345 e. The summed E-state index contributed by atoms with van der Waals surface area (Å²) in [6.45, 7) is 6.46. The van der Waals surface area contributed by atoms with E-state index in [0.29, 0.717) is 18.8 Å². The van der Waals surface area contributed by atoms with E-state index in [-0.39, 0.29) is 23.8 Å². The summed E-state index contributed by atoms with van der Waals surface area (Å²) in [6, 6.07) is 4.92. The van der Waals surface area contributed by atoms with Crippen molar-refractivity contribution in [2.45, 2.75) is 45.7 Å². The predicted octanol–water partition coefficient (Wildman–Crippen LogP) is 1.55. The summed E-state index contributed by atoms with van der Waals surface area (Å²) in [7, 11) is 0. The van der Waals surface area contributed by atoms with Gasteiger partial charge in [0.15, 0.2) is 11.5 Å². The van der Waals surface area contributed by atoms with E-state index < -0.39 is 6.04 Å². The van der Waals surface area contributed by atoms with Gasteiger partial charge < -0.3 is 10.2 Å². The quantitative estimate of drug-likeness (QED) is 0.903. The summed E-state index contributed by atoms with van der Waals surface area (Å²) in [5.74, 6) is 0.647. The minimum atomic E-state index is -0.443. The third-order valence-electron chi connectivity index (χ3n) is 4.43. The molecule has 128 valence electrons. The number of likely N-dealkylation sites (tertiary alicyclic amines) is 1. The summed E-state index contributed by atoms with van der Waals surface area (Å²) in [5, 5.41) is 11.3. The zero-order valence-electron chi connectivity index (χ0n) is 14.3. The van der Waals surface area contributed by atoms with Crippen molar-refractivity contribution in [1.82, 2.24) is 24.8 Å². The maximum atomic E-state index is 12.8. The second kappa shape index (κ2) is 6.59. The molecule has 1 saturated heterocycles. The number of fused-ring (bicyclic) bond motifs is 1. The molecule has 1 aliphatic rings. The molecule has 7 nitrogen and oxygen atoms in total. The molecule has 1 fully saturated rings. The molecule has 0 saturated carbocycles. The van der Waals surface area contributed by atoms with Gasteiger partial charge in [-0.05, 0) is 31.4 Å². The van der Waals surface area contributed by atoms with Gasteiger partial charge in [0, 0.05) is 19.2 Å². The van der Waals surface area contributed by atoms with Crippen LogP contribution < -0.4 is 5.32 Å². The van der Waals surface area contributed by atoms with Crippen molar-refractivity contribution in [2.24, 2.45) is 5.92 Å². The van der Waals surface area contributed by atoms with Crippen LogP contribution in [0.25, 0.3) is 5.65 Å². The largest absolute Gasteiger partial charge is 0.345 e. The third kappa shape index (κ3) is 2.98. The summed E-state index contributed by atoms with van der Waals surface area (Å²) in [4.78, 5) is 26.5. The van der Waals surface area contributed by atoms with E-state index in [1.165, 1.54) is 0 Å². The number of amides is 2. The molecule has 2 unspecified atom stereocenters. The molecule has 3 rings (SSSR count). The molecule has 2 amide bonds. The fourth-order valence-electron chi connectivity index (χ4n) is 3.29. The summed E-state index contributed by atoms with van der Waals surface area (Å²) in [5.41, 5.74) is 0.740. The Kier molecular flexibility index (Phi) is 4.51. The van der Waals surface area contributed by atoms with Crippen molar-refractivity contribution in [3.8, 4) is 0 Å². The first-order valence-corrected chi connectivity index (χ1v) is 8.38. The highest BCUT2D eigenvalue weighted by Gasteiger charge is 2.35. The first-order chi connectivity index (χ1) is 11.5. The highest BCUT2D eigenvalue weighted by molar-refractivity contribution is 5.89. The number of pyridine rings is 1. The van der Waals surface area contributed by atoms with Crippen molar-refractivity contribution >= 4 is 17.5 Å². The van der Waals surface area contributed by atoms with Crippen LogP contribution in [0.4, 0.5) is 0 Å². The standard InChI is InChI=1S/C17H23N5O2/c1-11(2)15(22-10-6-8-14(22)23)17(24)18-12(3)16-20-19-13-7-4-5-9-21(13)16/h4-5,7,9,11-12,15H,6,8,10H2,1-3H3,(H,18,24). The Balaban J connectivity index is 1.78. The number of nitrogens with one attached hydrogen (secondary N) is 1. The van der Waals surface area contributed by atoms with Gasteiger partial charge in [-0.3, -0.25) is 14.0 Å². The maximum absolute atomic E-state index is 12.8. The molecule has 0 aromatic carbocycles. The lowest BCUT2D eigenvalue weighted by atomic mass is 10.0. The van der Waals surface area contributed by atoms with Crippen LogP contribution in [0, 0.1) is 5.92 Å². The molecule has 1 N–H and O–H groups in total. The number of carbonyl (C=O) groups excluding carboxylic acids is 2. The lowest BCUT2D eigenvalue weighted by molar-refractivity contribution is -0.139. The van der Waals surface area contributed by atoms with Crippen LogP contribution >= 0.6 is 0 Å². The maximum Gasteiger partial charge on any atom is 0.243 e. The van der Waals surface area contributed by atoms with E-state index in [0.717, 1.165) is 12.1 Å². The van der Waals surface area contributed by atoms with Gasteiger partial charge in [-0.15, -0.1) is 10.2 Å².